The molecule has 1 atom stereocenters. The van der Waals surface area contributed by atoms with E-state index in [-0.39, 0.29) is 17.4 Å². The van der Waals surface area contributed by atoms with Gasteiger partial charge in [0.05, 0.1) is 29.3 Å². The van der Waals surface area contributed by atoms with E-state index < -0.39 is 11.8 Å². The number of aromatic nitrogens is 2. The van der Waals surface area contributed by atoms with Crippen LogP contribution in [0.4, 0.5) is 0 Å². The van der Waals surface area contributed by atoms with Gasteiger partial charge < -0.3 is 4.74 Å². The molecule has 1 fully saturated rings. The van der Waals surface area contributed by atoms with Crippen molar-refractivity contribution in [2.45, 2.75) is 30.6 Å². The molecule has 3 aromatic rings. The standard InChI is InChI=1S/C22H20ClN3O4S/c23-15-8-9-17-18(11-15)24-22(26(21(17)29)12-16-7-4-10-30-16)31-13-19(27)25-20(28)14-5-2-1-3-6-14/h1-3,5-6,8-9,11,16H,4,7,10,12-13H2,(H,25,27,28). The van der Waals surface area contributed by atoms with E-state index in [0.29, 0.717) is 39.8 Å². The molecule has 31 heavy (non-hydrogen) atoms. The van der Waals surface area contributed by atoms with E-state index in [1.807, 2.05) is 0 Å². The molecule has 2 amide bonds. The zero-order valence-electron chi connectivity index (χ0n) is 16.5. The molecular weight excluding hydrogens is 438 g/mol. The van der Waals surface area contributed by atoms with Crippen molar-refractivity contribution < 1.29 is 14.3 Å². The fourth-order valence-corrected chi connectivity index (χ4v) is 4.37. The Hall–Kier alpha value is -2.68. The summed E-state index contributed by atoms with van der Waals surface area (Å²) in [6.45, 7) is 1.03. The van der Waals surface area contributed by atoms with Gasteiger partial charge in [-0.15, -0.1) is 0 Å². The van der Waals surface area contributed by atoms with E-state index in [2.05, 4.69) is 10.3 Å². The Morgan fingerprint density at radius 3 is 2.77 bits per heavy atom. The number of amides is 2. The highest BCUT2D eigenvalue weighted by atomic mass is 35.5. The highest BCUT2D eigenvalue weighted by molar-refractivity contribution is 7.99. The molecule has 2 heterocycles. The molecule has 1 aromatic heterocycles. The van der Waals surface area contributed by atoms with Crippen LogP contribution in [0.25, 0.3) is 10.9 Å². The van der Waals surface area contributed by atoms with Gasteiger partial charge in [0, 0.05) is 17.2 Å². The van der Waals surface area contributed by atoms with E-state index in [1.54, 1.807) is 53.1 Å². The Labute approximate surface area is 187 Å². The number of imide groups is 1. The number of thioether (sulfide) groups is 1. The monoisotopic (exact) mass is 457 g/mol. The van der Waals surface area contributed by atoms with Crippen LogP contribution in [0.5, 0.6) is 0 Å². The van der Waals surface area contributed by atoms with Crippen LogP contribution in [0.3, 0.4) is 0 Å². The molecule has 0 saturated carbocycles. The summed E-state index contributed by atoms with van der Waals surface area (Å²) in [6, 6.07) is 13.4. The van der Waals surface area contributed by atoms with Gasteiger partial charge in [-0.1, -0.05) is 41.6 Å². The summed E-state index contributed by atoms with van der Waals surface area (Å²) in [5, 5.41) is 3.67. The zero-order chi connectivity index (χ0) is 21.8. The number of nitrogens with one attached hydrogen (secondary N) is 1. The lowest BCUT2D eigenvalue weighted by atomic mass is 10.2. The van der Waals surface area contributed by atoms with E-state index in [4.69, 9.17) is 16.3 Å². The maximum atomic E-state index is 13.1. The molecular formula is C22H20ClN3O4S. The third kappa shape index (κ3) is 5.15. The molecule has 9 heteroatoms. The van der Waals surface area contributed by atoms with Gasteiger partial charge >= 0.3 is 0 Å². The summed E-state index contributed by atoms with van der Waals surface area (Å²) in [5.41, 5.74) is 0.652. The molecule has 2 aromatic carbocycles. The first-order valence-corrected chi connectivity index (χ1v) is 11.2. The van der Waals surface area contributed by atoms with Crippen molar-refractivity contribution in [1.82, 2.24) is 14.9 Å². The highest BCUT2D eigenvalue weighted by Gasteiger charge is 2.21. The summed E-state index contributed by atoms with van der Waals surface area (Å²) >= 11 is 7.17. The van der Waals surface area contributed by atoms with Crippen LogP contribution in [0.2, 0.25) is 5.02 Å². The minimum absolute atomic E-state index is 0.0669. The summed E-state index contributed by atoms with van der Waals surface area (Å²) in [7, 11) is 0. The predicted molar refractivity (Wildman–Crippen MR) is 120 cm³/mol. The molecule has 0 spiro atoms. The summed E-state index contributed by atoms with van der Waals surface area (Å²) in [4.78, 5) is 42.2. The molecule has 0 bridgehead atoms. The molecule has 1 aliphatic heterocycles. The molecule has 0 radical (unpaired) electrons. The lowest BCUT2D eigenvalue weighted by Gasteiger charge is -2.16. The van der Waals surface area contributed by atoms with Crippen LogP contribution in [-0.2, 0) is 16.1 Å². The molecule has 0 aliphatic carbocycles. The van der Waals surface area contributed by atoms with E-state index in [0.717, 1.165) is 24.6 Å². The number of rotatable bonds is 6. The third-order valence-electron chi connectivity index (χ3n) is 4.91. The summed E-state index contributed by atoms with van der Waals surface area (Å²) < 4.78 is 7.23. The number of halogens is 1. The largest absolute Gasteiger partial charge is 0.376 e. The van der Waals surface area contributed by atoms with Crippen LogP contribution in [0.15, 0.2) is 58.5 Å². The minimum Gasteiger partial charge on any atom is -0.376 e. The predicted octanol–water partition coefficient (Wildman–Crippen LogP) is 3.28. The average Bonchev–Trinajstić information content (AvgIpc) is 3.28. The van der Waals surface area contributed by atoms with Crippen LogP contribution in [0.1, 0.15) is 23.2 Å². The number of hydrogen-bond acceptors (Lipinski definition) is 6. The van der Waals surface area contributed by atoms with Crippen molar-refractivity contribution in [2.75, 3.05) is 12.4 Å². The lowest BCUT2D eigenvalue weighted by molar-refractivity contribution is -0.117. The SMILES string of the molecule is O=C(CSc1nc2cc(Cl)ccc2c(=O)n1CC1CCCO1)NC(=O)c1ccccc1. The minimum atomic E-state index is -0.471. The zero-order valence-corrected chi connectivity index (χ0v) is 18.1. The van der Waals surface area contributed by atoms with Gasteiger partial charge in [0.25, 0.3) is 11.5 Å². The van der Waals surface area contributed by atoms with E-state index in [1.165, 1.54) is 0 Å². The van der Waals surface area contributed by atoms with Crippen molar-refractivity contribution in [3.63, 3.8) is 0 Å². The molecule has 4 rings (SSSR count). The first-order valence-electron chi connectivity index (χ1n) is 9.85. The second-order valence-electron chi connectivity index (χ2n) is 7.14. The first-order chi connectivity index (χ1) is 15.0. The Bertz CT molecular complexity index is 1180. The summed E-state index contributed by atoms with van der Waals surface area (Å²) in [5.74, 6) is -1.01. The molecule has 1 aliphatic rings. The lowest BCUT2D eigenvalue weighted by Crippen LogP contribution is -2.32. The molecule has 1 unspecified atom stereocenters. The first kappa shape index (κ1) is 21.5. The van der Waals surface area contributed by atoms with Crippen molar-refractivity contribution in [1.29, 1.82) is 0 Å². The fourth-order valence-electron chi connectivity index (χ4n) is 3.39. The topological polar surface area (TPSA) is 90.3 Å². The van der Waals surface area contributed by atoms with Crippen molar-refractivity contribution in [3.8, 4) is 0 Å². The Kier molecular flexibility index (Phi) is 6.70. The fraction of sp³-hybridized carbons (Fsp3) is 0.273. The van der Waals surface area contributed by atoms with Gasteiger partial charge in [0.1, 0.15) is 0 Å². The number of carbonyl (C=O) groups excluding carboxylic acids is 2. The van der Waals surface area contributed by atoms with Gasteiger partial charge in [-0.2, -0.15) is 0 Å². The van der Waals surface area contributed by atoms with Crippen molar-refractivity contribution in [2.24, 2.45) is 0 Å². The number of carbonyl (C=O) groups is 2. The maximum absolute atomic E-state index is 13.1. The Morgan fingerprint density at radius 1 is 1.23 bits per heavy atom. The molecule has 1 N–H and O–H groups in total. The summed E-state index contributed by atoms with van der Waals surface area (Å²) in [6.07, 6.45) is 1.74. The number of fused-ring (bicyclic) bond motifs is 1. The van der Waals surface area contributed by atoms with Gasteiger partial charge in [0.2, 0.25) is 5.91 Å². The number of nitrogens with zero attached hydrogens (tertiary/aromatic N) is 2. The number of benzene rings is 2. The van der Waals surface area contributed by atoms with Gasteiger partial charge in [-0.25, -0.2) is 4.98 Å². The van der Waals surface area contributed by atoms with Crippen molar-refractivity contribution in [3.05, 3.63) is 69.5 Å². The second-order valence-corrected chi connectivity index (χ2v) is 8.52. The van der Waals surface area contributed by atoms with Crippen LogP contribution < -0.4 is 10.9 Å². The van der Waals surface area contributed by atoms with Crippen LogP contribution >= 0.6 is 23.4 Å². The van der Waals surface area contributed by atoms with Gasteiger partial charge in [-0.3, -0.25) is 24.3 Å². The quantitative estimate of drug-likeness (QED) is 0.451. The Balaban J connectivity index is 1.55. The molecule has 7 nitrogen and oxygen atoms in total. The van der Waals surface area contributed by atoms with E-state index in [9.17, 15) is 14.4 Å². The third-order valence-corrected chi connectivity index (χ3v) is 6.13. The van der Waals surface area contributed by atoms with Crippen LogP contribution in [-0.4, -0.2) is 39.8 Å². The normalized spacial score (nSPS) is 15.8. The highest BCUT2D eigenvalue weighted by Crippen LogP contribution is 2.22. The maximum Gasteiger partial charge on any atom is 0.262 e. The van der Waals surface area contributed by atoms with E-state index >= 15 is 0 Å². The smallest absolute Gasteiger partial charge is 0.262 e. The van der Waals surface area contributed by atoms with Gasteiger partial charge in [0.15, 0.2) is 5.16 Å². The van der Waals surface area contributed by atoms with Crippen LogP contribution in [0, 0.1) is 0 Å². The van der Waals surface area contributed by atoms with Gasteiger partial charge in [-0.05, 0) is 43.2 Å². The average molecular weight is 458 g/mol. The number of ether oxygens (including phenoxy) is 1. The Morgan fingerprint density at radius 2 is 2.03 bits per heavy atom. The number of hydrogen-bond donors (Lipinski definition) is 1. The van der Waals surface area contributed by atoms with Crippen molar-refractivity contribution >= 4 is 46.1 Å². The second kappa shape index (κ2) is 9.64. The molecule has 160 valence electrons. The molecule has 1 saturated heterocycles.